The van der Waals surface area contributed by atoms with Gasteiger partial charge in [0.25, 0.3) is 5.91 Å². The van der Waals surface area contributed by atoms with Crippen LogP contribution in [0.1, 0.15) is 35.9 Å². The SMILES string of the molecule is COc1ccc(OC2CCN(C(C)=O)CC2)c(C(=O)NCc2nc(N)n[nH]2)c1. The maximum Gasteiger partial charge on any atom is 0.255 e. The lowest BCUT2D eigenvalue weighted by atomic mass is 10.1. The van der Waals surface area contributed by atoms with E-state index >= 15 is 0 Å². The summed E-state index contributed by atoms with van der Waals surface area (Å²) in [5, 5.41) is 9.13. The van der Waals surface area contributed by atoms with Crippen LogP contribution in [0.25, 0.3) is 0 Å². The zero-order valence-corrected chi connectivity index (χ0v) is 15.9. The number of aromatic amines is 1. The number of methoxy groups -OCH3 is 1. The van der Waals surface area contributed by atoms with E-state index in [2.05, 4.69) is 20.5 Å². The highest BCUT2D eigenvalue weighted by Gasteiger charge is 2.24. The van der Waals surface area contributed by atoms with Crippen LogP contribution < -0.4 is 20.5 Å². The third-order valence-corrected chi connectivity index (χ3v) is 4.58. The van der Waals surface area contributed by atoms with Crippen LogP contribution in [0.3, 0.4) is 0 Å². The van der Waals surface area contributed by atoms with Gasteiger partial charge in [0.15, 0.2) is 0 Å². The topological polar surface area (TPSA) is 135 Å². The maximum atomic E-state index is 12.7. The predicted molar refractivity (Wildman–Crippen MR) is 101 cm³/mol. The number of carbonyl (C=O) groups is 2. The number of likely N-dealkylation sites (tertiary alicyclic amines) is 1. The molecule has 10 nitrogen and oxygen atoms in total. The van der Waals surface area contributed by atoms with Gasteiger partial charge in [-0.2, -0.15) is 4.98 Å². The Balaban J connectivity index is 1.69. The second-order valence-corrected chi connectivity index (χ2v) is 6.51. The lowest BCUT2D eigenvalue weighted by Crippen LogP contribution is -2.40. The Morgan fingerprint density at radius 2 is 2.11 bits per heavy atom. The number of piperidine rings is 1. The third kappa shape index (κ3) is 4.70. The number of nitrogen functional groups attached to an aromatic ring is 1. The number of hydrogen-bond donors (Lipinski definition) is 3. The van der Waals surface area contributed by atoms with E-state index < -0.39 is 0 Å². The summed E-state index contributed by atoms with van der Waals surface area (Å²) in [5.41, 5.74) is 5.83. The van der Waals surface area contributed by atoms with Gasteiger partial charge in [0.05, 0.1) is 19.2 Å². The Kier molecular flexibility index (Phi) is 5.97. The Morgan fingerprint density at radius 3 is 2.71 bits per heavy atom. The number of amides is 2. The molecule has 0 spiro atoms. The van der Waals surface area contributed by atoms with E-state index in [0.29, 0.717) is 48.8 Å². The van der Waals surface area contributed by atoms with Gasteiger partial charge in [0.2, 0.25) is 11.9 Å². The third-order valence-electron chi connectivity index (χ3n) is 4.58. The molecule has 0 aliphatic carbocycles. The maximum absolute atomic E-state index is 12.7. The number of aromatic nitrogens is 3. The molecule has 1 saturated heterocycles. The van der Waals surface area contributed by atoms with Gasteiger partial charge in [0, 0.05) is 32.9 Å². The highest BCUT2D eigenvalue weighted by Crippen LogP contribution is 2.27. The van der Waals surface area contributed by atoms with Gasteiger partial charge in [-0.25, -0.2) is 0 Å². The number of anilines is 1. The molecule has 1 fully saturated rings. The summed E-state index contributed by atoms with van der Waals surface area (Å²) in [4.78, 5) is 29.9. The van der Waals surface area contributed by atoms with E-state index in [1.165, 1.54) is 7.11 Å². The first kappa shape index (κ1) is 19.5. The van der Waals surface area contributed by atoms with Gasteiger partial charge in [-0.15, -0.1) is 5.10 Å². The fraction of sp³-hybridized carbons (Fsp3) is 0.444. The summed E-state index contributed by atoms with van der Waals surface area (Å²) in [6, 6.07) is 5.09. The zero-order valence-electron chi connectivity index (χ0n) is 15.9. The summed E-state index contributed by atoms with van der Waals surface area (Å²) < 4.78 is 11.3. The first-order valence-electron chi connectivity index (χ1n) is 9.01. The van der Waals surface area contributed by atoms with Crippen molar-refractivity contribution in [1.82, 2.24) is 25.4 Å². The number of H-pyrrole nitrogens is 1. The highest BCUT2D eigenvalue weighted by molar-refractivity contribution is 5.97. The van der Waals surface area contributed by atoms with E-state index in [4.69, 9.17) is 15.2 Å². The normalized spacial score (nSPS) is 14.6. The van der Waals surface area contributed by atoms with Crippen molar-refractivity contribution in [3.05, 3.63) is 29.6 Å². The van der Waals surface area contributed by atoms with Crippen molar-refractivity contribution >= 4 is 17.8 Å². The molecule has 2 aromatic rings. The number of hydrogen-bond acceptors (Lipinski definition) is 7. The minimum atomic E-state index is -0.329. The fourth-order valence-corrected chi connectivity index (χ4v) is 3.03. The molecule has 0 saturated carbocycles. The molecule has 2 heterocycles. The summed E-state index contributed by atoms with van der Waals surface area (Å²) in [5.74, 6) is 1.32. The molecule has 3 rings (SSSR count). The van der Waals surface area contributed by atoms with Crippen LogP contribution in [0.4, 0.5) is 5.95 Å². The number of ether oxygens (including phenoxy) is 2. The molecular weight excluding hydrogens is 364 g/mol. The van der Waals surface area contributed by atoms with E-state index in [1.807, 2.05) is 0 Å². The van der Waals surface area contributed by atoms with Crippen molar-refractivity contribution in [3.8, 4) is 11.5 Å². The minimum Gasteiger partial charge on any atom is -0.497 e. The number of benzene rings is 1. The predicted octanol–water partition coefficient (Wildman–Crippen LogP) is 0.715. The zero-order chi connectivity index (χ0) is 20.1. The molecule has 10 heteroatoms. The van der Waals surface area contributed by atoms with Gasteiger partial charge in [-0.3, -0.25) is 14.7 Å². The van der Waals surface area contributed by atoms with E-state index in [-0.39, 0.29) is 30.4 Å². The van der Waals surface area contributed by atoms with Crippen molar-refractivity contribution < 1.29 is 19.1 Å². The molecule has 1 aliphatic rings. The quantitative estimate of drug-likeness (QED) is 0.663. The van der Waals surface area contributed by atoms with Crippen molar-refractivity contribution in [2.75, 3.05) is 25.9 Å². The molecule has 28 heavy (non-hydrogen) atoms. The summed E-state index contributed by atoms with van der Waals surface area (Å²) in [6.07, 6.45) is 1.36. The Hall–Kier alpha value is -3.30. The van der Waals surface area contributed by atoms with Gasteiger partial charge >= 0.3 is 0 Å². The van der Waals surface area contributed by atoms with Gasteiger partial charge in [-0.1, -0.05) is 0 Å². The van der Waals surface area contributed by atoms with E-state index in [0.717, 1.165) is 0 Å². The van der Waals surface area contributed by atoms with Crippen LogP contribution in [-0.4, -0.2) is 58.2 Å². The smallest absolute Gasteiger partial charge is 0.255 e. The average molecular weight is 388 g/mol. The average Bonchev–Trinajstić information content (AvgIpc) is 3.12. The Bertz CT molecular complexity index is 844. The molecule has 0 radical (unpaired) electrons. The summed E-state index contributed by atoms with van der Waals surface area (Å²) in [6.45, 7) is 3.00. The summed E-state index contributed by atoms with van der Waals surface area (Å²) in [7, 11) is 1.53. The fourth-order valence-electron chi connectivity index (χ4n) is 3.03. The molecule has 0 bridgehead atoms. The second kappa shape index (κ2) is 8.59. The number of carbonyl (C=O) groups excluding carboxylic acids is 2. The molecule has 1 aromatic heterocycles. The molecule has 1 aliphatic heterocycles. The number of nitrogens with one attached hydrogen (secondary N) is 2. The molecule has 4 N–H and O–H groups in total. The second-order valence-electron chi connectivity index (χ2n) is 6.51. The van der Waals surface area contributed by atoms with E-state index in [1.54, 1.807) is 30.0 Å². The highest BCUT2D eigenvalue weighted by atomic mass is 16.5. The number of nitrogens with zero attached hydrogens (tertiary/aromatic N) is 3. The molecule has 0 unspecified atom stereocenters. The number of rotatable bonds is 6. The van der Waals surface area contributed by atoms with Crippen LogP contribution in [-0.2, 0) is 11.3 Å². The Labute approximate surface area is 162 Å². The van der Waals surface area contributed by atoms with Crippen LogP contribution >= 0.6 is 0 Å². The van der Waals surface area contributed by atoms with Crippen LogP contribution in [0.15, 0.2) is 18.2 Å². The first-order chi connectivity index (χ1) is 13.5. The standard InChI is InChI=1S/C18H24N6O4/c1-11(25)24-7-5-12(6-8-24)28-15-4-3-13(27-2)9-14(15)17(26)20-10-16-21-18(19)23-22-16/h3-4,9,12H,5-8,10H2,1-2H3,(H,20,26)(H3,19,21,22,23). The molecule has 2 amide bonds. The van der Waals surface area contributed by atoms with Crippen molar-refractivity contribution in [3.63, 3.8) is 0 Å². The van der Waals surface area contributed by atoms with Gasteiger partial charge in [0.1, 0.15) is 23.4 Å². The van der Waals surface area contributed by atoms with Gasteiger partial charge in [-0.05, 0) is 18.2 Å². The van der Waals surface area contributed by atoms with Crippen LogP contribution in [0.5, 0.6) is 11.5 Å². The lowest BCUT2D eigenvalue weighted by molar-refractivity contribution is -0.130. The van der Waals surface area contributed by atoms with Crippen molar-refractivity contribution in [2.45, 2.75) is 32.4 Å². The lowest BCUT2D eigenvalue weighted by Gasteiger charge is -2.31. The minimum absolute atomic E-state index is 0.0652. The Morgan fingerprint density at radius 1 is 1.36 bits per heavy atom. The molecular formula is C18H24N6O4. The number of nitrogens with two attached hydrogens (primary N) is 1. The van der Waals surface area contributed by atoms with Crippen LogP contribution in [0, 0.1) is 0 Å². The molecule has 1 aromatic carbocycles. The molecule has 0 atom stereocenters. The summed E-state index contributed by atoms with van der Waals surface area (Å²) >= 11 is 0. The van der Waals surface area contributed by atoms with Gasteiger partial charge < -0.3 is 25.4 Å². The van der Waals surface area contributed by atoms with E-state index in [9.17, 15) is 9.59 Å². The molecule has 150 valence electrons. The first-order valence-corrected chi connectivity index (χ1v) is 9.01. The largest absolute Gasteiger partial charge is 0.497 e. The monoisotopic (exact) mass is 388 g/mol. The van der Waals surface area contributed by atoms with Crippen LogP contribution in [0.2, 0.25) is 0 Å². The van der Waals surface area contributed by atoms with Crippen molar-refractivity contribution in [1.29, 1.82) is 0 Å². The van der Waals surface area contributed by atoms with Crippen molar-refractivity contribution in [2.24, 2.45) is 0 Å².